The molecule has 1 atom stereocenters. The number of amides is 1. The van der Waals surface area contributed by atoms with Crippen molar-refractivity contribution in [3.63, 3.8) is 0 Å². The Morgan fingerprint density at radius 1 is 1.14 bits per heavy atom. The maximum Gasteiger partial charge on any atom is 0.341 e. The Hall–Kier alpha value is -3.17. The summed E-state index contributed by atoms with van der Waals surface area (Å²) in [6, 6.07) is 12.8. The lowest BCUT2D eigenvalue weighted by molar-refractivity contribution is -0.123. The summed E-state index contributed by atoms with van der Waals surface area (Å²) in [7, 11) is -3.81. The smallest absolute Gasteiger partial charge is 0.341 e. The second kappa shape index (κ2) is 8.06. The number of nitrogens with one attached hydrogen (secondary N) is 1. The molecule has 152 valence electrons. The van der Waals surface area contributed by atoms with Crippen LogP contribution >= 0.6 is 0 Å². The minimum atomic E-state index is -3.81. The largest absolute Gasteiger partial charge is 0.449 e. The van der Waals surface area contributed by atoms with Crippen molar-refractivity contribution < 1.29 is 22.7 Å². The number of carbonyl (C=O) groups excluding carboxylic acids is 2. The zero-order valence-electron chi connectivity index (χ0n) is 16.0. The average Bonchev–Trinajstić information content (AvgIpc) is 3.06. The Morgan fingerprint density at radius 2 is 1.79 bits per heavy atom. The number of fused-ring (bicyclic) bond motifs is 1. The molecule has 0 saturated carbocycles. The van der Waals surface area contributed by atoms with Crippen LogP contribution in [0.5, 0.6) is 0 Å². The van der Waals surface area contributed by atoms with E-state index < -0.39 is 28.0 Å². The summed E-state index contributed by atoms with van der Waals surface area (Å²) >= 11 is 0. The number of primary sulfonamides is 1. The molecule has 0 radical (unpaired) electrons. The molecule has 29 heavy (non-hydrogen) atoms. The van der Waals surface area contributed by atoms with Crippen molar-refractivity contribution >= 4 is 38.5 Å². The van der Waals surface area contributed by atoms with Gasteiger partial charge in [0, 0.05) is 29.3 Å². The van der Waals surface area contributed by atoms with E-state index in [2.05, 4.69) is 5.32 Å². The minimum absolute atomic E-state index is 0.0673. The number of benzene rings is 2. The number of hydrogen-bond acceptors (Lipinski definition) is 5. The Bertz CT molecular complexity index is 1170. The Balaban J connectivity index is 1.71. The summed E-state index contributed by atoms with van der Waals surface area (Å²) in [6.07, 6.45) is 0.660. The topological polar surface area (TPSA) is 120 Å². The SMILES string of the molecule is CCn1cc(C(=O)OC(C)C(=O)Nc2ccc(S(N)(=O)=O)cc2)c2ccccc21. The highest BCUT2D eigenvalue weighted by Gasteiger charge is 2.22. The molecule has 2 aromatic carbocycles. The summed E-state index contributed by atoms with van der Waals surface area (Å²) < 4.78 is 29.8. The van der Waals surface area contributed by atoms with Crippen LogP contribution in [-0.2, 0) is 26.1 Å². The molecule has 3 rings (SSSR count). The first-order valence-electron chi connectivity index (χ1n) is 8.93. The van der Waals surface area contributed by atoms with E-state index in [1.54, 1.807) is 6.20 Å². The summed E-state index contributed by atoms with van der Waals surface area (Å²) in [5.74, 6) is -1.14. The van der Waals surface area contributed by atoms with E-state index in [0.29, 0.717) is 17.8 Å². The predicted octanol–water partition coefficient (Wildman–Crippen LogP) is 2.49. The molecule has 1 amide bonds. The molecular formula is C20H21N3O5S. The highest BCUT2D eigenvalue weighted by molar-refractivity contribution is 7.89. The van der Waals surface area contributed by atoms with Gasteiger partial charge in [0.2, 0.25) is 10.0 Å². The number of nitrogens with two attached hydrogens (primary N) is 1. The average molecular weight is 415 g/mol. The van der Waals surface area contributed by atoms with Gasteiger partial charge in [-0.05, 0) is 44.2 Å². The molecule has 1 heterocycles. The van der Waals surface area contributed by atoms with Crippen molar-refractivity contribution in [2.45, 2.75) is 31.4 Å². The number of esters is 1. The minimum Gasteiger partial charge on any atom is -0.449 e. The zero-order chi connectivity index (χ0) is 21.2. The van der Waals surface area contributed by atoms with Crippen LogP contribution in [0.25, 0.3) is 10.9 Å². The second-order valence-corrected chi connectivity index (χ2v) is 8.01. The maximum atomic E-state index is 12.6. The van der Waals surface area contributed by atoms with Crippen LogP contribution in [0.3, 0.4) is 0 Å². The number of sulfonamides is 1. The second-order valence-electron chi connectivity index (χ2n) is 6.45. The van der Waals surface area contributed by atoms with Gasteiger partial charge in [-0.15, -0.1) is 0 Å². The molecule has 0 fully saturated rings. The number of rotatable bonds is 6. The third kappa shape index (κ3) is 4.47. The van der Waals surface area contributed by atoms with Crippen molar-refractivity contribution in [2.75, 3.05) is 5.32 Å². The third-order valence-corrected chi connectivity index (χ3v) is 5.38. The van der Waals surface area contributed by atoms with Gasteiger partial charge in [-0.2, -0.15) is 0 Å². The van der Waals surface area contributed by atoms with Gasteiger partial charge in [-0.3, -0.25) is 4.79 Å². The van der Waals surface area contributed by atoms with E-state index in [1.807, 2.05) is 35.8 Å². The molecule has 0 aliphatic heterocycles. The fourth-order valence-electron chi connectivity index (χ4n) is 2.92. The fraction of sp³-hybridized carbons (Fsp3) is 0.200. The normalized spacial score (nSPS) is 12.5. The lowest BCUT2D eigenvalue weighted by Crippen LogP contribution is -2.30. The van der Waals surface area contributed by atoms with Crippen LogP contribution in [0.15, 0.2) is 59.6 Å². The number of ether oxygens (including phenoxy) is 1. The lowest BCUT2D eigenvalue weighted by Gasteiger charge is -2.13. The number of hydrogen-bond donors (Lipinski definition) is 2. The van der Waals surface area contributed by atoms with Gasteiger partial charge in [0.05, 0.1) is 10.5 Å². The van der Waals surface area contributed by atoms with Crippen molar-refractivity contribution in [1.29, 1.82) is 0 Å². The first-order chi connectivity index (χ1) is 13.7. The van der Waals surface area contributed by atoms with E-state index in [0.717, 1.165) is 10.9 Å². The van der Waals surface area contributed by atoms with E-state index in [1.165, 1.54) is 31.2 Å². The van der Waals surface area contributed by atoms with E-state index in [9.17, 15) is 18.0 Å². The van der Waals surface area contributed by atoms with Gasteiger partial charge in [0.1, 0.15) is 0 Å². The van der Waals surface area contributed by atoms with Gasteiger partial charge in [-0.1, -0.05) is 18.2 Å². The van der Waals surface area contributed by atoms with Gasteiger partial charge >= 0.3 is 5.97 Å². The number of anilines is 1. The van der Waals surface area contributed by atoms with Crippen molar-refractivity contribution in [3.8, 4) is 0 Å². The number of aromatic nitrogens is 1. The predicted molar refractivity (Wildman–Crippen MR) is 109 cm³/mol. The summed E-state index contributed by atoms with van der Waals surface area (Å²) in [5, 5.41) is 8.37. The fourth-order valence-corrected chi connectivity index (χ4v) is 3.44. The van der Waals surface area contributed by atoms with Crippen LogP contribution in [0.1, 0.15) is 24.2 Å². The zero-order valence-corrected chi connectivity index (χ0v) is 16.8. The van der Waals surface area contributed by atoms with E-state index >= 15 is 0 Å². The Kier molecular flexibility index (Phi) is 5.71. The van der Waals surface area contributed by atoms with Crippen molar-refractivity contribution in [3.05, 3.63) is 60.3 Å². The highest BCUT2D eigenvalue weighted by atomic mass is 32.2. The molecule has 0 spiro atoms. The molecule has 9 heteroatoms. The number of para-hydroxylation sites is 1. The standard InChI is InChI=1S/C20H21N3O5S/c1-3-23-12-17(16-6-4-5-7-18(16)23)20(25)28-13(2)19(24)22-14-8-10-15(11-9-14)29(21,26)27/h4-13H,3H2,1-2H3,(H,22,24)(H2,21,26,27). The Labute approximate surface area is 168 Å². The molecule has 1 unspecified atom stereocenters. The third-order valence-electron chi connectivity index (χ3n) is 4.45. The highest BCUT2D eigenvalue weighted by Crippen LogP contribution is 2.22. The van der Waals surface area contributed by atoms with Crippen LogP contribution in [0.2, 0.25) is 0 Å². The maximum absolute atomic E-state index is 12.6. The quantitative estimate of drug-likeness (QED) is 0.599. The molecule has 0 bridgehead atoms. The van der Waals surface area contributed by atoms with Gasteiger partial charge in [0.15, 0.2) is 6.10 Å². The summed E-state index contributed by atoms with van der Waals surface area (Å²) in [6.45, 7) is 4.13. The lowest BCUT2D eigenvalue weighted by atomic mass is 10.2. The molecule has 1 aromatic heterocycles. The molecule has 0 aliphatic carbocycles. The van der Waals surface area contributed by atoms with Crippen LogP contribution < -0.4 is 10.5 Å². The van der Waals surface area contributed by atoms with Crippen molar-refractivity contribution in [2.24, 2.45) is 5.14 Å². The monoisotopic (exact) mass is 415 g/mol. The number of aryl methyl sites for hydroxylation is 1. The van der Waals surface area contributed by atoms with Gasteiger partial charge < -0.3 is 14.6 Å². The summed E-state index contributed by atoms with van der Waals surface area (Å²) in [4.78, 5) is 24.9. The Morgan fingerprint density at radius 3 is 2.41 bits per heavy atom. The van der Waals surface area contributed by atoms with Crippen LogP contribution in [-0.4, -0.2) is 31.0 Å². The van der Waals surface area contributed by atoms with Gasteiger partial charge in [-0.25, -0.2) is 18.4 Å². The summed E-state index contributed by atoms with van der Waals surface area (Å²) in [5.41, 5.74) is 1.65. The molecule has 0 aliphatic rings. The van der Waals surface area contributed by atoms with E-state index in [4.69, 9.17) is 9.88 Å². The number of nitrogens with zero attached hydrogens (tertiary/aromatic N) is 1. The van der Waals surface area contributed by atoms with Crippen LogP contribution in [0.4, 0.5) is 5.69 Å². The van der Waals surface area contributed by atoms with E-state index in [-0.39, 0.29) is 4.90 Å². The van der Waals surface area contributed by atoms with Crippen LogP contribution in [0, 0.1) is 0 Å². The van der Waals surface area contributed by atoms with Crippen molar-refractivity contribution in [1.82, 2.24) is 4.57 Å². The van der Waals surface area contributed by atoms with Gasteiger partial charge in [0.25, 0.3) is 5.91 Å². The molecule has 3 N–H and O–H groups in total. The molecule has 8 nitrogen and oxygen atoms in total. The number of carbonyl (C=O) groups is 2. The molecule has 3 aromatic rings. The first kappa shape index (κ1) is 20.6. The molecular weight excluding hydrogens is 394 g/mol. The first-order valence-corrected chi connectivity index (χ1v) is 10.5. The molecule has 0 saturated heterocycles.